The van der Waals surface area contributed by atoms with E-state index in [9.17, 15) is 18.9 Å². The number of nitrogens with two attached hydrogens (primary N) is 1. The molecule has 2 rings (SSSR count). The molecule has 0 fully saturated rings. The number of nitrogens with zero attached hydrogens (tertiary/aromatic N) is 4. The average molecular weight is 283 g/mol. The molecule has 1 heterocycles. The number of hydrogen-bond donors (Lipinski definition) is 1. The number of rotatable bonds is 4. The van der Waals surface area contributed by atoms with E-state index in [0.717, 1.165) is 12.1 Å². The largest absolute Gasteiger partial charge is 0.324 e. The second-order valence-corrected chi connectivity index (χ2v) is 3.90. The van der Waals surface area contributed by atoms with Gasteiger partial charge in [-0.15, -0.1) is 10.2 Å². The first-order valence-electron chi connectivity index (χ1n) is 5.76. The Bertz CT molecular complexity index is 671. The van der Waals surface area contributed by atoms with Crippen molar-refractivity contribution in [2.24, 2.45) is 5.73 Å². The molecule has 0 radical (unpaired) electrons. The number of nitro groups is 1. The molecule has 1 aromatic heterocycles. The van der Waals surface area contributed by atoms with Gasteiger partial charge in [-0.1, -0.05) is 0 Å². The minimum atomic E-state index is -1.28. The van der Waals surface area contributed by atoms with E-state index in [1.54, 1.807) is 6.92 Å². The van der Waals surface area contributed by atoms with Gasteiger partial charge in [-0.25, -0.2) is 4.39 Å². The maximum atomic E-state index is 14.1. The Morgan fingerprint density at radius 2 is 2.10 bits per heavy atom. The monoisotopic (exact) mass is 283 g/mol. The van der Waals surface area contributed by atoms with Crippen molar-refractivity contribution in [2.45, 2.75) is 20.0 Å². The zero-order chi connectivity index (χ0) is 14.9. The minimum Gasteiger partial charge on any atom is -0.324 e. The van der Waals surface area contributed by atoms with Gasteiger partial charge >= 0.3 is 5.69 Å². The lowest BCUT2D eigenvalue weighted by atomic mass is 10.1. The lowest BCUT2D eigenvalue weighted by molar-refractivity contribution is -0.387. The lowest BCUT2D eigenvalue weighted by Gasteiger charge is -2.08. The number of aromatic nitrogens is 3. The van der Waals surface area contributed by atoms with Crippen LogP contribution in [-0.2, 0) is 13.1 Å². The van der Waals surface area contributed by atoms with Crippen LogP contribution < -0.4 is 5.73 Å². The molecule has 0 spiro atoms. The standard InChI is InChI=1S/C11H11F2N5O2/c1-2-17-8(5-14)15-16-11(17)9-6(12)3-4-7(10(9)13)18(19)20/h3-4H,2,5,14H2,1H3. The molecule has 7 nitrogen and oxygen atoms in total. The van der Waals surface area contributed by atoms with E-state index in [1.165, 1.54) is 4.57 Å². The zero-order valence-corrected chi connectivity index (χ0v) is 10.5. The van der Waals surface area contributed by atoms with E-state index < -0.39 is 27.8 Å². The summed E-state index contributed by atoms with van der Waals surface area (Å²) in [6.45, 7) is 2.09. The highest BCUT2D eigenvalue weighted by atomic mass is 19.1. The van der Waals surface area contributed by atoms with E-state index in [1.807, 2.05) is 0 Å². The summed E-state index contributed by atoms with van der Waals surface area (Å²) < 4.78 is 29.3. The number of hydrogen-bond acceptors (Lipinski definition) is 5. The molecule has 0 aliphatic heterocycles. The average Bonchev–Trinajstić information content (AvgIpc) is 2.81. The Hall–Kier alpha value is -2.42. The first kappa shape index (κ1) is 14.0. The molecule has 0 aliphatic carbocycles. The molecule has 9 heteroatoms. The molecule has 0 amide bonds. The molecule has 20 heavy (non-hydrogen) atoms. The van der Waals surface area contributed by atoms with Gasteiger partial charge in [-0.05, 0) is 13.0 Å². The van der Waals surface area contributed by atoms with E-state index in [2.05, 4.69) is 10.2 Å². The quantitative estimate of drug-likeness (QED) is 0.678. The Labute approximate surface area is 112 Å². The lowest BCUT2D eigenvalue weighted by Crippen LogP contribution is -2.09. The van der Waals surface area contributed by atoms with Gasteiger partial charge in [0.1, 0.15) is 11.6 Å². The summed E-state index contributed by atoms with van der Waals surface area (Å²) >= 11 is 0. The van der Waals surface area contributed by atoms with Gasteiger partial charge in [0.05, 0.1) is 17.0 Å². The van der Waals surface area contributed by atoms with Gasteiger partial charge in [0.15, 0.2) is 5.82 Å². The normalized spacial score (nSPS) is 10.8. The predicted molar refractivity (Wildman–Crippen MR) is 65.6 cm³/mol. The van der Waals surface area contributed by atoms with Gasteiger partial charge in [0, 0.05) is 12.6 Å². The summed E-state index contributed by atoms with van der Waals surface area (Å²) in [5, 5.41) is 18.1. The highest BCUT2D eigenvalue weighted by Gasteiger charge is 2.26. The Kier molecular flexibility index (Phi) is 3.70. The third-order valence-corrected chi connectivity index (χ3v) is 2.82. The molecule has 1 aromatic carbocycles. The molecule has 0 unspecified atom stereocenters. The fourth-order valence-corrected chi connectivity index (χ4v) is 1.89. The molecule has 2 aromatic rings. The Balaban J connectivity index is 2.72. The Morgan fingerprint density at radius 1 is 1.40 bits per heavy atom. The summed E-state index contributed by atoms with van der Waals surface area (Å²) in [4.78, 5) is 9.79. The molecule has 0 saturated heterocycles. The third kappa shape index (κ3) is 2.11. The van der Waals surface area contributed by atoms with Crippen LogP contribution in [-0.4, -0.2) is 19.7 Å². The SMILES string of the molecule is CCn1c(CN)nnc1-c1c(F)ccc([N+](=O)[O-])c1F. The van der Waals surface area contributed by atoms with E-state index in [0.29, 0.717) is 12.4 Å². The van der Waals surface area contributed by atoms with E-state index in [-0.39, 0.29) is 12.4 Å². The van der Waals surface area contributed by atoms with Crippen LogP contribution in [0.25, 0.3) is 11.4 Å². The molecular weight excluding hydrogens is 272 g/mol. The molecule has 106 valence electrons. The Morgan fingerprint density at radius 3 is 2.65 bits per heavy atom. The van der Waals surface area contributed by atoms with Gasteiger partial charge in [-0.2, -0.15) is 4.39 Å². The molecule has 0 aliphatic rings. The van der Waals surface area contributed by atoms with Crippen molar-refractivity contribution in [1.29, 1.82) is 0 Å². The van der Waals surface area contributed by atoms with Crippen molar-refractivity contribution >= 4 is 5.69 Å². The van der Waals surface area contributed by atoms with Gasteiger partial charge < -0.3 is 10.3 Å². The fourth-order valence-electron chi connectivity index (χ4n) is 1.89. The van der Waals surface area contributed by atoms with Crippen molar-refractivity contribution in [1.82, 2.24) is 14.8 Å². The second-order valence-electron chi connectivity index (χ2n) is 3.90. The predicted octanol–water partition coefficient (Wildman–Crippen LogP) is 1.61. The van der Waals surface area contributed by atoms with Gasteiger partial charge in [-0.3, -0.25) is 10.1 Å². The second kappa shape index (κ2) is 5.29. The summed E-state index contributed by atoms with van der Waals surface area (Å²) in [7, 11) is 0. The van der Waals surface area contributed by atoms with Gasteiger partial charge in [0.2, 0.25) is 5.82 Å². The molecule has 0 atom stereocenters. The molecule has 2 N–H and O–H groups in total. The zero-order valence-electron chi connectivity index (χ0n) is 10.5. The van der Waals surface area contributed by atoms with Crippen LogP contribution >= 0.6 is 0 Å². The first-order valence-corrected chi connectivity index (χ1v) is 5.76. The van der Waals surface area contributed by atoms with Crippen LogP contribution in [0.15, 0.2) is 12.1 Å². The smallest absolute Gasteiger partial charge is 0.305 e. The first-order chi connectivity index (χ1) is 9.51. The molecular formula is C11H11F2N5O2. The van der Waals surface area contributed by atoms with Crippen molar-refractivity contribution < 1.29 is 13.7 Å². The van der Waals surface area contributed by atoms with Crippen LogP contribution in [0.4, 0.5) is 14.5 Å². The van der Waals surface area contributed by atoms with Crippen LogP contribution in [0.1, 0.15) is 12.7 Å². The van der Waals surface area contributed by atoms with Crippen molar-refractivity contribution in [3.8, 4) is 11.4 Å². The molecule has 0 saturated carbocycles. The summed E-state index contributed by atoms with van der Waals surface area (Å²) in [6.07, 6.45) is 0. The number of halogens is 2. The van der Waals surface area contributed by atoms with Gasteiger partial charge in [0.25, 0.3) is 0 Å². The van der Waals surface area contributed by atoms with E-state index >= 15 is 0 Å². The molecule has 0 bridgehead atoms. The summed E-state index contributed by atoms with van der Waals surface area (Å²) in [6, 6.07) is 1.60. The van der Waals surface area contributed by atoms with Crippen molar-refractivity contribution in [3.63, 3.8) is 0 Å². The number of benzene rings is 1. The van der Waals surface area contributed by atoms with E-state index in [4.69, 9.17) is 5.73 Å². The van der Waals surface area contributed by atoms with Crippen molar-refractivity contribution in [2.75, 3.05) is 0 Å². The highest BCUT2D eigenvalue weighted by molar-refractivity contribution is 5.62. The van der Waals surface area contributed by atoms with Crippen LogP contribution in [0.3, 0.4) is 0 Å². The van der Waals surface area contributed by atoms with Crippen LogP contribution in [0, 0.1) is 21.7 Å². The van der Waals surface area contributed by atoms with Crippen LogP contribution in [0.2, 0.25) is 0 Å². The maximum Gasteiger partial charge on any atom is 0.305 e. The minimum absolute atomic E-state index is 0.0407. The summed E-state index contributed by atoms with van der Waals surface area (Å²) in [5.74, 6) is -2.00. The third-order valence-electron chi connectivity index (χ3n) is 2.82. The van der Waals surface area contributed by atoms with Crippen LogP contribution in [0.5, 0.6) is 0 Å². The topological polar surface area (TPSA) is 99.9 Å². The maximum absolute atomic E-state index is 14.1. The van der Waals surface area contributed by atoms with Crippen molar-refractivity contribution in [3.05, 3.63) is 39.7 Å². The fraction of sp³-hybridized carbons (Fsp3) is 0.273. The highest BCUT2D eigenvalue weighted by Crippen LogP contribution is 2.30. The summed E-state index contributed by atoms with van der Waals surface area (Å²) in [5.41, 5.74) is 4.06. The number of nitro benzene ring substituents is 1.